The zero-order valence-corrected chi connectivity index (χ0v) is 8.92. The molecule has 0 spiro atoms. The number of nitrogens with one attached hydrogen (secondary N) is 1. The van der Waals surface area contributed by atoms with E-state index in [2.05, 4.69) is 5.32 Å². The predicted octanol–water partition coefficient (Wildman–Crippen LogP) is 2.14. The second-order valence-corrected chi connectivity index (χ2v) is 4.17. The number of aliphatic hydroxyl groups is 1. The normalized spacial score (nSPS) is 23.1. The van der Waals surface area contributed by atoms with Crippen LogP contribution in [-0.4, -0.2) is 17.7 Å². The van der Waals surface area contributed by atoms with Gasteiger partial charge in [-0.1, -0.05) is 12.5 Å². The van der Waals surface area contributed by atoms with E-state index < -0.39 is 17.7 Å². The molecule has 0 amide bonds. The van der Waals surface area contributed by atoms with Crippen molar-refractivity contribution in [3.05, 3.63) is 35.4 Å². The molecule has 1 aliphatic rings. The first-order valence-electron chi connectivity index (χ1n) is 5.55. The van der Waals surface area contributed by atoms with Crippen molar-refractivity contribution >= 4 is 0 Å². The van der Waals surface area contributed by atoms with Crippen LogP contribution in [0.4, 0.5) is 8.78 Å². The van der Waals surface area contributed by atoms with E-state index in [0.29, 0.717) is 0 Å². The summed E-state index contributed by atoms with van der Waals surface area (Å²) in [5.41, 5.74) is 0.167. The van der Waals surface area contributed by atoms with Crippen molar-refractivity contribution in [3.63, 3.8) is 0 Å². The van der Waals surface area contributed by atoms with E-state index in [1.54, 1.807) is 0 Å². The first kappa shape index (κ1) is 11.5. The molecule has 16 heavy (non-hydrogen) atoms. The molecule has 0 aliphatic carbocycles. The van der Waals surface area contributed by atoms with Gasteiger partial charge in [-0.3, -0.25) is 0 Å². The minimum atomic E-state index is -0.902. The molecule has 1 heterocycles. The van der Waals surface area contributed by atoms with E-state index >= 15 is 0 Å². The summed E-state index contributed by atoms with van der Waals surface area (Å²) in [5, 5.41) is 13.1. The predicted molar refractivity (Wildman–Crippen MR) is 57.0 cm³/mol. The molecule has 1 aliphatic heterocycles. The van der Waals surface area contributed by atoms with E-state index in [-0.39, 0.29) is 11.6 Å². The Balaban J connectivity index is 2.15. The van der Waals surface area contributed by atoms with E-state index in [1.165, 1.54) is 12.1 Å². The lowest BCUT2D eigenvalue weighted by atomic mass is 9.94. The van der Waals surface area contributed by atoms with Crippen LogP contribution in [0.15, 0.2) is 18.2 Å². The van der Waals surface area contributed by atoms with Gasteiger partial charge in [-0.15, -0.1) is 0 Å². The summed E-state index contributed by atoms with van der Waals surface area (Å²) in [6, 6.07) is 3.16. The Bertz CT molecular complexity index is 364. The third-order valence-corrected chi connectivity index (χ3v) is 3.01. The molecule has 1 aromatic rings. The maximum Gasteiger partial charge on any atom is 0.131 e. The number of hydrogen-bond acceptors (Lipinski definition) is 2. The molecule has 88 valence electrons. The molecule has 1 aromatic carbocycles. The number of hydrogen-bond donors (Lipinski definition) is 2. The highest BCUT2D eigenvalue weighted by Gasteiger charge is 2.24. The summed E-state index contributed by atoms with van der Waals surface area (Å²) >= 11 is 0. The Morgan fingerprint density at radius 2 is 2.12 bits per heavy atom. The zero-order valence-electron chi connectivity index (χ0n) is 8.92. The van der Waals surface area contributed by atoms with Crippen LogP contribution in [-0.2, 0) is 0 Å². The average Bonchev–Trinajstić information content (AvgIpc) is 2.29. The Morgan fingerprint density at radius 3 is 2.75 bits per heavy atom. The van der Waals surface area contributed by atoms with Gasteiger partial charge < -0.3 is 10.4 Å². The van der Waals surface area contributed by atoms with Gasteiger partial charge in [0.15, 0.2) is 0 Å². The van der Waals surface area contributed by atoms with E-state index in [4.69, 9.17) is 0 Å². The summed E-state index contributed by atoms with van der Waals surface area (Å²) in [6.07, 6.45) is 2.02. The summed E-state index contributed by atoms with van der Waals surface area (Å²) in [5.74, 6) is -1.30. The van der Waals surface area contributed by atoms with E-state index in [9.17, 15) is 13.9 Å². The number of aliphatic hydroxyl groups excluding tert-OH is 1. The molecule has 1 fully saturated rings. The molecule has 2 atom stereocenters. The van der Waals surface area contributed by atoms with Crippen LogP contribution < -0.4 is 5.32 Å². The third-order valence-electron chi connectivity index (χ3n) is 3.01. The second-order valence-electron chi connectivity index (χ2n) is 4.17. The summed E-state index contributed by atoms with van der Waals surface area (Å²) in [4.78, 5) is 0. The Kier molecular flexibility index (Phi) is 3.51. The molecule has 2 nitrogen and oxygen atoms in total. The van der Waals surface area contributed by atoms with Crippen molar-refractivity contribution in [2.24, 2.45) is 0 Å². The molecular formula is C12H15F2NO. The van der Waals surface area contributed by atoms with Gasteiger partial charge in [0.05, 0.1) is 6.10 Å². The molecule has 2 N–H and O–H groups in total. The molecule has 1 saturated heterocycles. The number of piperidine rings is 1. The van der Waals surface area contributed by atoms with Crippen molar-refractivity contribution < 1.29 is 13.9 Å². The zero-order chi connectivity index (χ0) is 11.5. The lowest BCUT2D eigenvalue weighted by Gasteiger charge is -2.28. The van der Waals surface area contributed by atoms with E-state index in [1.807, 2.05) is 0 Å². The number of rotatable bonds is 2. The SMILES string of the molecule is OC(c1ccc(F)cc1F)C1CCCCN1. The van der Waals surface area contributed by atoms with Gasteiger partial charge in [0.1, 0.15) is 11.6 Å². The molecule has 0 aromatic heterocycles. The van der Waals surface area contributed by atoms with Crippen molar-refractivity contribution in [2.45, 2.75) is 31.4 Å². The smallest absolute Gasteiger partial charge is 0.131 e. The van der Waals surface area contributed by atoms with Crippen molar-refractivity contribution in [2.75, 3.05) is 6.54 Å². The maximum atomic E-state index is 13.4. The quantitative estimate of drug-likeness (QED) is 0.811. The highest BCUT2D eigenvalue weighted by molar-refractivity contribution is 5.22. The third kappa shape index (κ3) is 2.39. The standard InChI is InChI=1S/C12H15F2NO/c13-8-4-5-9(10(14)7-8)12(16)11-3-1-2-6-15-11/h4-5,7,11-12,15-16H,1-3,6H2. The highest BCUT2D eigenvalue weighted by Crippen LogP contribution is 2.25. The van der Waals surface area contributed by atoms with Crippen molar-refractivity contribution in [3.8, 4) is 0 Å². The molecule has 0 radical (unpaired) electrons. The maximum absolute atomic E-state index is 13.4. The number of benzene rings is 1. The van der Waals surface area contributed by atoms with Gasteiger partial charge in [0.25, 0.3) is 0 Å². The first-order chi connectivity index (χ1) is 7.68. The largest absolute Gasteiger partial charge is 0.387 e. The van der Waals surface area contributed by atoms with Crippen LogP contribution in [0.25, 0.3) is 0 Å². The van der Waals surface area contributed by atoms with Crippen molar-refractivity contribution in [1.82, 2.24) is 5.32 Å². The van der Waals surface area contributed by atoms with Crippen LogP contribution in [0.5, 0.6) is 0 Å². The minimum Gasteiger partial charge on any atom is -0.387 e. The van der Waals surface area contributed by atoms with Crippen LogP contribution in [0, 0.1) is 11.6 Å². The van der Waals surface area contributed by atoms with Gasteiger partial charge in [0, 0.05) is 17.7 Å². The average molecular weight is 227 g/mol. The minimum absolute atomic E-state index is 0.131. The fraction of sp³-hybridized carbons (Fsp3) is 0.500. The van der Waals surface area contributed by atoms with Gasteiger partial charge >= 0.3 is 0 Å². The summed E-state index contributed by atoms with van der Waals surface area (Å²) < 4.78 is 26.1. The highest BCUT2D eigenvalue weighted by atomic mass is 19.1. The Hall–Kier alpha value is -1.00. The summed E-state index contributed by atoms with van der Waals surface area (Å²) in [6.45, 7) is 0.838. The van der Waals surface area contributed by atoms with Crippen LogP contribution in [0.3, 0.4) is 0 Å². The fourth-order valence-corrected chi connectivity index (χ4v) is 2.11. The summed E-state index contributed by atoms with van der Waals surface area (Å²) in [7, 11) is 0. The van der Waals surface area contributed by atoms with Crippen LogP contribution in [0.2, 0.25) is 0 Å². The topological polar surface area (TPSA) is 32.3 Å². The fourth-order valence-electron chi connectivity index (χ4n) is 2.11. The monoisotopic (exact) mass is 227 g/mol. The molecule has 0 bridgehead atoms. The number of halogens is 2. The second kappa shape index (κ2) is 4.89. The molecule has 2 unspecified atom stereocenters. The Morgan fingerprint density at radius 1 is 1.31 bits per heavy atom. The lowest BCUT2D eigenvalue weighted by Crippen LogP contribution is -2.39. The molecule has 4 heteroatoms. The van der Waals surface area contributed by atoms with Crippen LogP contribution in [0.1, 0.15) is 30.9 Å². The first-order valence-corrected chi connectivity index (χ1v) is 5.55. The van der Waals surface area contributed by atoms with Gasteiger partial charge in [-0.05, 0) is 25.5 Å². The lowest BCUT2D eigenvalue weighted by molar-refractivity contribution is 0.110. The van der Waals surface area contributed by atoms with Gasteiger partial charge in [-0.2, -0.15) is 0 Å². The van der Waals surface area contributed by atoms with Gasteiger partial charge in [-0.25, -0.2) is 8.78 Å². The van der Waals surface area contributed by atoms with Crippen LogP contribution >= 0.6 is 0 Å². The Labute approximate surface area is 93.3 Å². The molecular weight excluding hydrogens is 212 g/mol. The van der Waals surface area contributed by atoms with Crippen molar-refractivity contribution in [1.29, 1.82) is 0 Å². The molecule has 2 rings (SSSR count). The molecule has 0 saturated carbocycles. The van der Waals surface area contributed by atoms with E-state index in [0.717, 1.165) is 31.9 Å². The van der Waals surface area contributed by atoms with Gasteiger partial charge in [0.2, 0.25) is 0 Å².